The fourth-order valence-electron chi connectivity index (χ4n) is 1.56. The fourth-order valence-corrected chi connectivity index (χ4v) is 1.67. The molecule has 1 atom stereocenters. The molecule has 64 valence electrons. The van der Waals surface area contributed by atoms with E-state index in [0.717, 1.165) is 6.54 Å². The first-order chi connectivity index (χ1) is 5.86. The number of hydrogen-bond acceptors (Lipinski definition) is 2. The van der Waals surface area contributed by atoms with Crippen LogP contribution in [0.5, 0.6) is 0 Å². The smallest absolute Gasteiger partial charge is 0.129 e. The molecule has 0 unspecified atom stereocenters. The Bertz CT molecular complexity index is 252. The molecule has 12 heavy (non-hydrogen) atoms. The second-order valence-corrected chi connectivity index (χ2v) is 3.45. The van der Waals surface area contributed by atoms with E-state index in [2.05, 4.69) is 10.3 Å². The standard InChI is InChI=1S/C9H11ClN2/c10-9-4-3-7(6-12-9)8-2-1-5-11-8/h3-4,6,8,11H,1-2,5H2/t8-/m0/s1. The number of nitrogens with one attached hydrogen (secondary N) is 1. The molecule has 1 N–H and O–H groups in total. The van der Waals surface area contributed by atoms with Gasteiger partial charge in [0.15, 0.2) is 0 Å². The molecule has 3 heteroatoms. The summed E-state index contributed by atoms with van der Waals surface area (Å²) in [6.45, 7) is 1.12. The summed E-state index contributed by atoms with van der Waals surface area (Å²) in [5.41, 5.74) is 1.25. The van der Waals surface area contributed by atoms with Crippen LogP contribution in [0.15, 0.2) is 18.3 Å². The fraction of sp³-hybridized carbons (Fsp3) is 0.444. The van der Waals surface area contributed by atoms with Gasteiger partial charge < -0.3 is 5.32 Å². The highest BCUT2D eigenvalue weighted by atomic mass is 35.5. The average Bonchev–Trinajstić information content (AvgIpc) is 2.58. The lowest BCUT2D eigenvalue weighted by Crippen LogP contribution is -2.12. The Kier molecular flexibility index (Phi) is 2.28. The van der Waals surface area contributed by atoms with Gasteiger partial charge in [-0.15, -0.1) is 0 Å². The molecule has 0 spiro atoms. The lowest BCUT2D eigenvalue weighted by molar-refractivity contribution is 0.645. The van der Waals surface area contributed by atoms with E-state index in [-0.39, 0.29) is 0 Å². The van der Waals surface area contributed by atoms with Crippen LogP contribution < -0.4 is 5.32 Å². The van der Waals surface area contributed by atoms with Crippen LogP contribution in [0.4, 0.5) is 0 Å². The number of halogens is 1. The Morgan fingerprint density at radius 1 is 1.50 bits per heavy atom. The van der Waals surface area contributed by atoms with Gasteiger partial charge in [0.1, 0.15) is 5.15 Å². The predicted octanol–water partition coefficient (Wildman–Crippen LogP) is 2.16. The van der Waals surface area contributed by atoms with Crippen molar-refractivity contribution < 1.29 is 0 Å². The number of pyridine rings is 1. The van der Waals surface area contributed by atoms with E-state index in [1.54, 1.807) is 0 Å². The van der Waals surface area contributed by atoms with E-state index in [0.29, 0.717) is 11.2 Å². The molecule has 1 fully saturated rings. The van der Waals surface area contributed by atoms with E-state index in [4.69, 9.17) is 11.6 Å². The van der Waals surface area contributed by atoms with E-state index >= 15 is 0 Å². The Morgan fingerprint density at radius 2 is 2.42 bits per heavy atom. The molecule has 0 aliphatic carbocycles. The zero-order valence-electron chi connectivity index (χ0n) is 6.76. The maximum Gasteiger partial charge on any atom is 0.129 e. The van der Waals surface area contributed by atoms with Crippen molar-refractivity contribution in [3.8, 4) is 0 Å². The van der Waals surface area contributed by atoms with Crippen molar-refractivity contribution in [3.63, 3.8) is 0 Å². The van der Waals surface area contributed by atoms with Crippen LogP contribution in [0.3, 0.4) is 0 Å². The van der Waals surface area contributed by atoms with Crippen molar-refractivity contribution >= 4 is 11.6 Å². The zero-order valence-corrected chi connectivity index (χ0v) is 7.51. The first kappa shape index (κ1) is 8.02. The Balaban J connectivity index is 2.17. The molecule has 1 aromatic rings. The summed E-state index contributed by atoms with van der Waals surface area (Å²) < 4.78 is 0. The second kappa shape index (κ2) is 3.42. The normalized spacial score (nSPS) is 22.9. The van der Waals surface area contributed by atoms with Crippen molar-refractivity contribution in [2.75, 3.05) is 6.54 Å². The van der Waals surface area contributed by atoms with Gasteiger partial charge in [0.25, 0.3) is 0 Å². The summed E-state index contributed by atoms with van der Waals surface area (Å²) in [6, 6.07) is 4.38. The van der Waals surface area contributed by atoms with Crippen LogP contribution in [0.1, 0.15) is 24.4 Å². The van der Waals surface area contributed by atoms with Crippen LogP contribution in [0.2, 0.25) is 5.15 Å². The van der Waals surface area contributed by atoms with Gasteiger partial charge in [0, 0.05) is 12.2 Å². The summed E-state index contributed by atoms with van der Waals surface area (Å²) in [7, 11) is 0. The molecule has 0 bridgehead atoms. The third-order valence-corrected chi connectivity index (χ3v) is 2.44. The molecule has 1 aliphatic heterocycles. The minimum absolute atomic E-state index is 0.495. The van der Waals surface area contributed by atoms with Crippen molar-refractivity contribution in [1.82, 2.24) is 10.3 Å². The average molecular weight is 183 g/mol. The van der Waals surface area contributed by atoms with Crippen molar-refractivity contribution in [3.05, 3.63) is 29.0 Å². The molecular formula is C9H11ClN2. The Hall–Kier alpha value is -0.600. The molecule has 2 rings (SSSR count). The lowest BCUT2D eigenvalue weighted by Gasteiger charge is -2.08. The van der Waals surface area contributed by atoms with Crippen LogP contribution in [0, 0.1) is 0 Å². The second-order valence-electron chi connectivity index (χ2n) is 3.06. The molecular weight excluding hydrogens is 172 g/mol. The van der Waals surface area contributed by atoms with Gasteiger partial charge in [-0.1, -0.05) is 17.7 Å². The van der Waals surface area contributed by atoms with Gasteiger partial charge in [0.05, 0.1) is 0 Å². The Morgan fingerprint density at radius 3 is 3.00 bits per heavy atom. The van der Waals surface area contributed by atoms with Crippen LogP contribution in [-0.4, -0.2) is 11.5 Å². The quantitative estimate of drug-likeness (QED) is 0.674. The van der Waals surface area contributed by atoms with Gasteiger partial charge in [0.2, 0.25) is 0 Å². The minimum Gasteiger partial charge on any atom is -0.310 e. The first-order valence-corrected chi connectivity index (χ1v) is 4.59. The van der Waals surface area contributed by atoms with Gasteiger partial charge in [-0.3, -0.25) is 0 Å². The third kappa shape index (κ3) is 1.59. The van der Waals surface area contributed by atoms with Crippen molar-refractivity contribution in [1.29, 1.82) is 0 Å². The Labute approximate surface area is 77.0 Å². The molecule has 1 saturated heterocycles. The monoisotopic (exact) mass is 182 g/mol. The molecule has 0 aromatic carbocycles. The van der Waals surface area contributed by atoms with Crippen LogP contribution in [-0.2, 0) is 0 Å². The summed E-state index contributed by atoms with van der Waals surface area (Å²) >= 11 is 5.69. The van der Waals surface area contributed by atoms with Crippen molar-refractivity contribution in [2.45, 2.75) is 18.9 Å². The first-order valence-electron chi connectivity index (χ1n) is 4.21. The molecule has 2 nitrogen and oxygen atoms in total. The number of rotatable bonds is 1. The van der Waals surface area contributed by atoms with Gasteiger partial charge >= 0.3 is 0 Å². The number of nitrogens with zero attached hydrogens (tertiary/aromatic N) is 1. The molecule has 0 saturated carbocycles. The molecule has 0 radical (unpaired) electrons. The van der Waals surface area contributed by atoms with Crippen LogP contribution in [0.25, 0.3) is 0 Å². The summed E-state index contributed by atoms with van der Waals surface area (Å²) in [6.07, 6.45) is 4.32. The topological polar surface area (TPSA) is 24.9 Å². The van der Waals surface area contributed by atoms with E-state index in [1.165, 1.54) is 18.4 Å². The molecule has 0 amide bonds. The maximum absolute atomic E-state index is 5.69. The molecule has 2 heterocycles. The van der Waals surface area contributed by atoms with E-state index < -0.39 is 0 Å². The summed E-state index contributed by atoms with van der Waals surface area (Å²) in [4.78, 5) is 4.05. The van der Waals surface area contributed by atoms with Crippen LogP contribution >= 0.6 is 11.6 Å². The number of aromatic nitrogens is 1. The van der Waals surface area contributed by atoms with E-state index in [9.17, 15) is 0 Å². The maximum atomic E-state index is 5.69. The van der Waals surface area contributed by atoms with E-state index in [1.807, 2.05) is 18.3 Å². The SMILES string of the molecule is Clc1ccc([C@@H]2CCCN2)cn1. The third-order valence-electron chi connectivity index (χ3n) is 2.21. The summed E-state index contributed by atoms with van der Waals surface area (Å²) in [5.74, 6) is 0. The zero-order chi connectivity index (χ0) is 8.39. The highest BCUT2D eigenvalue weighted by Crippen LogP contribution is 2.22. The van der Waals surface area contributed by atoms with Gasteiger partial charge in [-0.25, -0.2) is 4.98 Å². The van der Waals surface area contributed by atoms with Gasteiger partial charge in [-0.05, 0) is 31.0 Å². The number of hydrogen-bond donors (Lipinski definition) is 1. The lowest BCUT2D eigenvalue weighted by atomic mass is 10.1. The minimum atomic E-state index is 0.495. The predicted molar refractivity (Wildman–Crippen MR) is 49.2 cm³/mol. The summed E-state index contributed by atoms with van der Waals surface area (Å²) in [5, 5.41) is 3.98. The molecule has 1 aliphatic rings. The largest absolute Gasteiger partial charge is 0.310 e. The molecule has 1 aromatic heterocycles. The highest BCUT2D eigenvalue weighted by Gasteiger charge is 2.15. The van der Waals surface area contributed by atoms with Gasteiger partial charge in [-0.2, -0.15) is 0 Å². The highest BCUT2D eigenvalue weighted by molar-refractivity contribution is 6.29. The van der Waals surface area contributed by atoms with Crippen molar-refractivity contribution in [2.24, 2.45) is 0 Å².